The third-order valence-electron chi connectivity index (χ3n) is 4.11. The van der Waals surface area contributed by atoms with Crippen LogP contribution in [0.1, 0.15) is 43.0 Å². The Balaban J connectivity index is 2.81. The highest BCUT2D eigenvalue weighted by molar-refractivity contribution is 5.94. The van der Waals surface area contributed by atoms with E-state index in [1.54, 1.807) is 10.6 Å². The second kappa shape index (κ2) is 6.18. The van der Waals surface area contributed by atoms with Gasteiger partial charge in [-0.15, -0.1) is 0 Å². The highest BCUT2D eigenvalue weighted by atomic mass is 16.1. The van der Waals surface area contributed by atoms with Crippen molar-refractivity contribution in [2.75, 3.05) is 0 Å². The van der Waals surface area contributed by atoms with Gasteiger partial charge >= 0.3 is 0 Å². The van der Waals surface area contributed by atoms with Gasteiger partial charge in [-0.05, 0) is 51.0 Å². The fourth-order valence-electron chi connectivity index (χ4n) is 2.61. The number of pyridine rings is 1. The summed E-state index contributed by atoms with van der Waals surface area (Å²) in [5.74, 6) is -0.186. The molecule has 0 saturated carbocycles. The molecule has 1 aromatic carbocycles. The normalized spacial score (nSPS) is 12.2. The zero-order valence-corrected chi connectivity index (χ0v) is 13.6. The molecule has 0 saturated heterocycles. The molecule has 2 rings (SSSR count). The van der Waals surface area contributed by atoms with E-state index in [1.165, 1.54) is 0 Å². The maximum atomic E-state index is 12.7. The van der Waals surface area contributed by atoms with Gasteiger partial charge in [-0.2, -0.15) is 0 Å². The molecule has 0 bridgehead atoms. The van der Waals surface area contributed by atoms with E-state index in [2.05, 4.69) is 18.2 Å². The summed E-state index contributed by atoms with van der Waals surface area (Å²) in [7, 11) is 0. The Labute approximate surface area is 131 Å². The molecule has 0 amide bonds. The topological polar surface area (TPSA) is 71.9 Å². The van der Waals surface area contributed by atoms with E-state index in [9.17, 15) is 4.79 Å². The average Bonchev–Trinajstić information content (AvgIpc) is 2.48. The standard InChI is InChI=1S/C18H23N3O/c1-5-13(4)21-16(9-8-14(17(19)20)18(21)22)15-10-11(2)6-7-12(15)3/h6-10,13H,5H2,1-4H3,(H3,19,20). The number of benzene rings is 1. The summed E-state index contributed by atoms with van der Waals surface area (Å²) in [6.07, 6.45) is 0.832. The van der Waals surface area contributed by atoms with Crippen LogP contribution >= 0.6 is 0 Å². The van der Waals surface area contributed by atoms with Gasteiger partial charge in [0, 0.05) is 11.6 Å². The molecule has 1 aromatic heterocycles. The van der Waals surface area contributed by atoms with Gasteiger partial charge < -0.3 is 10.3 Å². The molecule has 4 heteroatoms. The number of nitrogens with zero attached hydrogens (tertiary/aromatic N) is 1. The van der Waals surface area contributed by atoms with E-state index < -0.39 is 0 Å². The monoisotopic (exact) mass is 297 g/mol. The van der Waals surface area contributed by atoms with Crippen LogP contribution in [-0.4, -0.2) is 10.4 Å². The SMILES string of the molecule is CCC(C)n1c(-c2cc(C)ccc2C)ccc(C(=N)N)c1=O. The summed E-state index contributed by atoms with van der Waals surface area (Å²) in [4.78, 5) is 12.7. The number of aryl methyl sites for hydroxylation is 2. The number of nitrogens with one attached hydrogen (secondary N) is 1. The number of nitrogens with two attached hydrogens (primary N) is 1. The minimum Gasteiger partial charge on any atom is -0.384 e. The zero-order chi connectivity index (χ0) is 16.4. The molecule has 0 spiro atoms. The lowest BCUT2D eigenvalue weighted by atomic mass is 10.0. The first-order valence-electron chi connectivity index (χ1n) is 7.54. The van der Waals surface area contributed by atoms with Crippen LogP contribution in [-0.2, 0) is 0 Å². The number of nitrogen functional groups attached to an aromatic ring is 1. The molecular weight excluding hydrogens is 274 g/mol. The molecule has 0 aliphatic carbocycles. The molecule has 0 radical (unpaired) electrons. The Morgan fingerprint density at radius 3 is 2.55 bits per heavy atom. The van der Waals surface area contributed by atoms with Crippen molar-refractivity contribution in [2.24, 2.45) is 5.73 Å². The Morgan fingerprint density at radius 1 is 1.27 bits per heavy atom. The van der Waals surface area contributed by atoms with E-state index in [0.717, 1.165) is 28.8 Å². The number of hydrogen-bond acceptors (Lipinski definition) is 2. The van der Waals surface area contributed by atoms with Crippen molar-refractivity contribution in [3.63, 3.8) is 0 Å². The van der Waals surface area contributed by atoms with Gasteiger partial charge in [0.05, 0.1) is 11.3 Å². The Kier molecular flexibility index (Phi) is 4.50. The number of aromatic nitrogens is 1. The molecule has 1 heterocycles. The second-order valence-electron chi connectivity index (χ2n) is 5.80. The van der Waals surface area contributed by atoms with Crippen molar-refractivity contribution in [1.29, 1.82) is 5.41 Å². The Bertz CT molecular complexity index is 774. The maximum absolute atomic E-state index is 12.7. The van der Waals surface area contributed by atoms with E-state index in [4.69, 9.17) is 11.1 Å². The lowest BCUT2D eigenvalue weighted by Gasteiger charge is -2.21. The lowest BCUT2D eigenvalue weighted by molar-refractivity contribution is 0.519. The van der Waals surface area contributed by atoms with Gasteiger partial charge in [0.15, 0.2) is 0 Å². The minimum absolute atomic E-state index is 0.0433. The highest BCUT2D eigenvalue weighted by Gasteiger charge is 2.17. The van der Waals surface area contributed by atoms with Crippen LogP contribution in [0.3, 0.4) is 0 Å². The van der Waals surface area contributed by atoms with E-state index in [-0.39, 0.29) is 23.0 Å². The molecule has 4 nitrogen and oxygen atoms in total. The fourth-order valence-corrected chi connectivity index (χ4v) is 2.61. The third-order valence-corrected chi connectivity index (χ3v) is 4.11. The Hall–Kier alpha value is -2.36. The molecule has 116 valence electrons. The van der Waals surface area contributed by atoms with Crippen molar-refractivity contribution in [3.8, 4) is 11.3 Å². The van der Waals surface area contributed by atoms with Gasteiger partial charge in [0.2, 0.25) is 0 Å². The molecule has 1 unspecified atom stereocenters. The lowest BCUT2D eigenvalue weighted by Crippen LogP contribution is -2.32. The Morgan fingerprint density at radius 2 is 1.95 bits per heavy atom. The first kappa shape index (κ1) is 16.0. The van der Waals surface area contributed by atoms with Crippen LogP contribution in [0.15, 0.2) is 35.1 Å². The number of rotatable bonds is 4. The van der Waals surface area contributed by atoms with Crippen LogP contribution in [0.4, 0.5) is 0 Å². The van der Waals surface area contributed by atoms with Crippen molar-refractivity contribution < 1.29 is 0 Å². The summed E-state index contributed by atoms with van der Waals surface area (Å²) in [5.41, 5.74) is 9.81. The molecule has 22 heavy (non-hydrogen) atoms. The summed E-state index contributed by atoms with van der Waals surface area (Å²) in [6.45, 7) is 8.14. The zero-order valence-electron chi connectivity index (χ0n) is 13.6. The van der Waals surface area contributed by atoms with Crippen LogP contribution in [0, 0.1) is 19.3 Å². The first-order chi connectivity index (χ1) is 10.4. The fraction of sp³-hybridized carbons (Fsp3) is 0.333. The van der Waals surface area contributed by atoms with Gasteiger partial charge in [0.25, 0.3) is 5.56 Å². The van der Waals surface area contributed by atoms with Gasteiger partial charge in [-0.25, -0.2) is 0 Å². The van der Waals surface area contributed by atoms with Crippen molar-refractivity contribution >= 4 is 5.84 Å². The molecule has 0 aliphatic rings. The summed E-state index contributed by atoms with van der Waals surface area (Å²) in [5, 5.41) is 7.59. The number of hydrogen-bond donors (Lipinski definition) is 2. The largest absolute Gasteiger partial charge is 0.384 e. The second-order valence-corrected chi connectivity index (χ2v) is 5.80. The first-order valence-corrected chi connectivity index (χ1v) is 7.54. The van der Waals surface area contributed by atoms with Crippen LogP contribution < -0.4 is 11.3 Å². The third kappa shape index (κ3) is 2.82. The quantitative estimate of drug-likeness (QED) is 0.670. The van der Waals surface area contributed by atoms with Crippen LogP contribution in [0.25, 0.3) is 11.3 Å². The van der Waals surface area contributed by atoms with Crippen LogP contribution in [0.5, 0.6) is 0 Å². The molecule has 0 aliphatic heterocycles. The molecular formula is C18H23N3O. The van der Waals surface area contributed by atoms with Crippen molar-refractivity contribution in [1.82, 2.24) is 4.57 Å². The molecule has 2 aromatic rings. The van der Waals surface area contributed by atoms with Crippen molar-refractivity contribution in [3.05, 3.63) is 57.4 Å². The van der Waals surface area contributed by atoms with E-state index in [1.807, 2.05) is 33.8 Å². The minimum atomic E-state index is -0.194. The van der Waals surface area contributed by atoms with Gasteiger partial charge in [0.1, 0.15) is 5.84 Å². The van der Waals surface area contributed by atoms with Crippen molar-refractivity contribution in [2.45, 2.75) is 40.2 Å². The maximum Gasteiger partial charge on any atom is 0.262 e. The smallest absolute Gasteiger partial charge is 0.262 e. The molecule has 1 atom stereocenters. The van der Waals surface area contributed by atoms with E-state index in [0.29, 0.717) is 0 Å². The van der Waals surface area contributed by atoms with Crippen LogP contribution in [0.2, 0.25) is 0 Å². The average molecular weight is 297 g/mol. The number of amidine groups is 1. The molecule has 3 N–H and O–H groups in total. The predicted octanol–water partition coefficient (Wildman–Crippen LogP) is 3.39. The highest BCUT2D eigenvalue weighted by Crippen LogP contribution is 2.26. The van der Waals surface area contributed by atoms with Gasteiger partial charge in [-0.3, -0.25) is 10.2 Å². The summed E-state index contributed by atoms with van der Waals surface area (Å²) in [6, 6.07) is 9.81. The molecule has 0 fully saturated rings. The van der Waals surface area contributed by atoms with E-state index >= 15 is 0 Å². The summed E-state index contributed by atoms with van der Waals surface area (Å²) >= 11 is 0. The predicted molar refractivity (Wildman–Crippen MR) is 91.6 cm³/mol. The van der Waals surface area contributed by atoms with Gasteiger partial charge in [-0.1, -0.05) is 24.6 Å². The summed E-state index contributed by atoms with van der Waals surface area (Å²) < 4.78 is 1.76.